The molecule has 2 rings (SSSR count). The topological polar surface area (TPSA) is 68.1 Å². The maximum absolute atomic E-state index is 11.3. The number of hydrogen-bond donors (Lipinski definition) is 1. The van der Waals surface area contributed by atoms with Gasteiger partial charge in [0.1, 0.15) is 5.69 Å². The zero-order valence-electron chi connectivity index (χ0n) is 7.48. The molecule has 0 amide bonds. The van der Waals surface area contributed by atoms with E-state index < -0.39 is 5.97 Å². The number of aromatic nitrogens is 2. The van der Waals surface area contributed by atoms with E-state index in [1.54, 1.807) is 12.1 Å². The lowest BCUT2D eigenvalue weighted by Crippen LogP contribution is -2.03. The monoisotopic (exact) mass is 192 g/mol. The molecule has 0 aliphatic carbocycles. The Hall–Kier alpha value is -2.04. The van der Waals surface area contributed by atoms with Crippen molar-refractivity contribution in [1.29, 1.82) is 0 Å². The normalized spacial score (nSPS) is 10.1. The van der Waals surface area contributed by atoms with E-state index in [2.05, 4.69) is 14.7 Å². The highest BCUT2D eigenvalue weighted by atomic mass is 16.5. The molecule has 0 aliphatic heterocycles. The van der Waals surface area contributed by atoms with Gasteiger partial charge in [-0.15, -0.1) is 0 Å². The molecular formula is C9H8N2O3. The van der Waals surface area contributed by atoms with E-state index in [1.165, 1.54) is 19.7 Å². The van der Waals surface area contributed by atoms with Gasteiger partial charge in [-0.1, -0.05) is 0 Å². The van der Waals surface area contributed by atoms with E-state index in [1.807, 2.05) is 0 Å². The van der Waals surface area contributed by atoms with Gasteiger partial charge in [0.25, 0.3) is 0 Å². The Morgan fingerprint density at radius 1 is 1.64 bits per heavy atom. The number of hydrogen-bond acceptors (Lipinski definition) is 4. The minimum absolute atomic E-state index is 0.294. The molecule has 0 unspecified atom stereocenters. The van der Waals surface area contributed by atoms with Crippen LogP contribution in [0.3, 0.4) is 0 Å². The largest absolute Gasteiger partial charge is 0.464 e. The van der Waals surface area contributed by atoms with Crippen LogP contribution in [0.5, 0.6) is 0 Å². The minimum Gasteiger partial charge on any atom is -0.464 e. The first-order valence-corrected chi connectivity index (χ1v) is 3.98. The second kappa shape index (κ2) is 3.37. The fourth-order valence-electron chi connectivity index (χ4n) is 1.15. The Labute approximate surface area is 79.7 Å². The molecule has 0 aliphatic rings. The van der Waals surface area contributed by atoms with Crippen molar-refractivity contribution in [3.05, 3.63) is 30.4 Å². The average molecular weight is 192 g/mol. The molecule has 0 fully saturated rings. The fourth-order valence-corrected chi connectivity index (χ4v) is 1.15. The van der Waals surface area contributed by atoms with Gasteiger partial charge in [-0.25, -0.2) is 9.78 Å². The Morgan fingerprint density at radius 3 is 3.14 bits per heavy atom. The van der Waals surface area contributed by atoms with Crippen molar-refractivity contribution in [2.75, 3.05) is 7.11 Å². The van der Waals surface area contributed by atoms with Gasteiger partial charge in [0.15, 0.2) is 11.5 Å². The number of furan rings is 1. The van der Waals surface area contributed by atoms with Crippen LogP contribution in [-0.4, -0.2) is 23.0 Å². The molecule has 2 aromatic rings. The Balaban J connectivity index is 2.45. The van der Waals surface area contributed by atoms with Gasteiger partial charge in [-0.05, 0) is 12.1 Å². The summed E-state index contributed by atoms with van der Waals surface area (Å²) in [5.41, 5.74) is 0.754. The first kappa shape index (κ1) is 8.55. The van der Waals surface area contributed by atoms with Crippen LogP contribution in [0.25, 0.3) is 11.5 Å². The molecule has 5 nitrogen and oxygen atoms in total. The summed E-state index contributed by atoms with van der Waals surface area (Å²) in [6, 6.07) is 3.45. The van der Waals surface area contributed by atoms with Crippen molar-refractivity contribution in [3.8, 4) is 11.5 Å². The number of carbonyl (C=O) groups excluding carboxylic acids is 1. The highest BCUT2D eigenvalue weighted by molar-refractivity contribution is 5.93. The van der Waals surface area contributed by atoms with Crippen LogP contribution in [0.1, 0.15) is 10.5 Å². The maximum Gasteiger partial charge on any atom is 0.356 e. The second-order valence-electron chi connectivity index (χ2n) is 2.60. The third-order valence-electron chi connectivity index (χ3n) is 1.78. The predicted molar refractivity (Wildman–Crippen MR) is 47.6 cm³/mol. The third-order valence-corrected chi connectivity index (χ3v) is 1.78. The van der Waals surface area contributed by atoms with E-state index in [0.29, 0.717) is 17.1 Å². The van der Waals surface area contributed by atoms with Crippen LogP contribution in [0.4, 0.5) is 0 Å². The van der Waals surface area contributed by atoms with Gasteiger partial charge < -0.3 is 14.1 Å². The van der Waals surface area contributed by atoms with E-state index in [0.717, 1.165) is 0 Å². The van der Waals surface area contributed by atoms with Crippen molar-refractivity contribution >= 4 is 5.97 Å². The highest BCUT2D eigenvalue weighted by Gasteiger charge is 2.17. The molecule has 5 heteroatoms. The predicted octanol–water partition coefficient (Wildman–Crippen LogP) is 1.46. The second-order valence-corrected chi connectivity index (χ2v) is 2.60. The molecule has 0 bridgehead atoms. The number of rotatable bonds is 2. The van der Waals surface area contributed by atoms with E-state index in [9.17, 15) is 4.79 Å². The number of H-pyrrole nitrogens is 1. The number of nitrogens with one attached hydrogen (secondary N) is 1. The number of imidazole rings is 1. The lowest BCUT2D eigenvalue weighted by molar-refractivity contribution is 0.0595. The van der Waals surface area contributed by atoms with Crippen LogP contribution in [0.2, 0.25) is 0 Å². The molecule has 0 saturated carbocycles. The number of nitrogens with zero attached hydrogens (tertiary/aromatic N) is 1. The number of ether oxygens (including phenoxy) is 1. The summed E-state index contributed by atoms with van der Waals surface area (Å²) < 4.78 is 9.70. The summed E-state index contributed by atoms with van der Waals surface area (Å²) in [7, 11) is 1.31. The summed E-state index contributed by atoms with van der Waals surface area (Å²) in [6.45, 7) is 0. The maximum atomic E-state index is 11.3. The molecule has 1 N–H and O–H groups in total. The molecule has 72 valence electrons. The van der Waals surface area contributed by atoms with Crippen molar-refractivity contribution in [2.45, 2.75) is 0 Å². The van der Waals surface area contributed by atoms with Crippen LogP contribution >= 0.6 is 0 Å². The molecule has 2 heterocycles. The van der Waals surface area contributed by atoms with Crippen LogP contribution in [-0.2, 0) is 4.74 Å². The van der Waals surface area contributed by atoms with Crippen LogP contribution < -0.4 is 0 Å². The first-order valence-electron chi connectivity index (χ1n) is 3.98. The van der Waals surface area contributed by atoms with Crippen molar-refractivity contribution in [3.63, 3.8) is 0 Å². The van der Waals surface area contributed by atoms with E-state index in [-0.39, 0.29) is 0 Å². The standard InChI is InChI=1S/C9H8N2O3/c1-13-9(12)8-7(10-5-11-8)6-3-2-4-14-6/h2-5H,1H3,(H,10,11). The molecule has 2 aromatic heterocycles. The van der Waals surface area contributed by atoms with Crippen molar-refractivity contribution in [1.82, 2.24) is 9.97 Å². The Morgan fingerprint density at radius 2 is 2.50 bits per heavy atom. The Bertz CT molecular complexity index is 431. The van der Waals surface area contributed by atoms with E-state index in [4.69, 9.17) is 4.42 Å². The summed E-state index contributed by atoms with van der Waals surface area (Å²) in [4.78, 5) is 17.9. The lowest BCUT2D eigenvalue weighted by atomic mass is 10.2. The van der Waals surface area contributed by atoms with Gasteiger partial charge in [-0.3, -0.25) is 0 Å². The summed E-state index contributed by atoms with van der Waals surface area (Å²) >= 11 is 0. The van der Waals surface area contributed by atoms with Gasteiger partial charge in [0.05, 0.1) is 19.7 Å². The quantitative estimate of drug-likeness (QED) is 0.731. The number of esters is 1. The zero-order chi connectivity index (χ0) is 9.97. The first-order chi connectivity index (χ1) is 6.83. The SMILES string of the molecule is COC(=O)c1[nH]cnc1-c1ccco1. The highest BCUT2D eigenvalue weighted by Crippen LogP contribution is 2.20. The van der Waals surface area contributed by atoms with Gasteiger partial charge in [0, 0.05) is 0 Å². The van der Waals surface area contributed by atoms with Gasteiger partial charge in [0.2, 0.25) is 0 Å². The van der Waals surface area contributed by atoms with Crippen LogP contribution in [0, 0.1) is 0 Å². The van der Waals surface area contributed by atoms with Gasteiger partial charge >= 0.3 is 5.97 Å². The average Bonchev–Trinajstić information content (AvgIpc) is 2.85. The molecule has 0 radical (unpaired) electrons. The Kier molecular flexibility index (Phi) is 2.06. The molecule has 0 saturated heterocycles. The minimum atomic E-state index is -0.464. The summed E-state index contributed by atoms with van der Waals surface area (Å²) in [5.74, 6) is 0.0700. The summed E-state index contributed by atoms with van der Waals surface area (Å²) in [5, 5.41) is 0. The lowest BCUT2D eigenvalue weighted by Gasteiger charge is -1.96. The fraction of sp³-hybridized carbons (Fsp3) is 0.111. The molecule has 0 aromatic carbocycles. The molecular weight excluding hydrogens is 184 g/mol. The number of carbonyl (C=O) groups is 1. The number of methoxy groups -OCH3 is 1. The third kappa shape index (κ3) is 1.28. The zero-order valence-corrected chi connectivity index (χ0v) is 7.48. The molecule has 0 spiro atoms. The smallest absolute Gasteiger partial charge is 0.356 e. The molecule has 0 atom stereocenters. The van der Waals surface area contributed by atoms with Gasteiger partial charge in [-0.2, -0.15) is 0 Å². The van der Waals surface area contributed by atoms with E-state index >= 15 is 0 Å². The summed E-state index contributed by atoms with van der Waals surface area (Å²) in [6.07, 6.45) is 2.94. The van der Waals surface area contributed by atoms with Crippen molar-refractivity contribution < 1.29 is 13.9 Å². The number of aromatic amines is 1. The van der Waals surface area contributed by atoms with Crippen molar-refractivity contribution in [2.24, 2.45) is 0 Å². The molecule has 14 heavy (non-hydrogen) atoms. The van der Waals surface area contributed by atoms with Crippen LogP contribution in [0.15, 0.2) is 29.1 Å².